The molecular formula is C106H113F6N13O13S3. The van der Waals surface area contributed by atoms with E-state index in [1.54, 1.807) is 72.1 Å². The van der Waals surface area contributed by atoms with Crippen LogP contribution in [0.15, 0.2) is 219 Å². The summed E-state index contributed by atoms with van der Waals surface area (Å²) < 4.78 is 88.0. The smallest absolute Gasteiger partial charge is 0.433 e. The summed E-state index contributed by atoms with van der Waals surface area (Å²) in [5.74, 6) is -0.633. The second-order valence-corrected chi connectivity index (χ2v) is 39.1. The van der Waals surface area contributed by atoms with Gasteiger partial charge in [0.15, 0.2) is 0 Å². The number of alkyl halides is 6. The predicted octanol–water partition coefficient (Wildman–Crippen LogP) is 22.0. The number of carboxylic acids is 2. The van der Waals surface area contributed by atoms with Crippen LogP contribution in [0, 0.1) is 0 Å². The molecule has 11 aromatic rings. The van der Waals surface area contributed by atoms with Gasteiger partial charge in [-0.1, -0.05) is 48.5 Å². The van der Waals surface area contributed by atoms with Crippen LogP contribution in [0.3, 0.4) is 0 Å². The number of aliphatic carboxylic acids is 1. The first-order chi connectivity index (χ1) is 67.4. The van der Waals surface area contributed by atoms with Gasteiger partial charge in [-0.15, -0.1) is 0 Å². The summed E-state index contributed by atoms with van der Waals surface area (Å²) in [5, 5.41) is 32.9. The van der Waals surface area contributed by atoms with Gasteiger partial charge in [-0.05, 0) is 267 Å². The number of rotatable bonds is 34. The molecule has 0 aliphatic carbocycles. The Bertz CT molecular complexity index is 6210. The molecule has 5 aromatic heterocycles. The molecule has 0 saturated carbocycles. The normalized spacial score (nSPS) is 13.3. The molecule has 14 rings (SSSR count). The number of aromatic nitrogens is 5. The third-order valence-electron chi connectivity index (χ3n) is 22.5. The molecule has 35 heteroatoms. The lowest BCUT2D eigenvalue weighted by Crippen LogP contribution is -2.29. The number of esters is 2. The van der Waals surface area contributed by atoms with Crippen LogP contribution in [0.4, 0.5) is 60.5 Å². The highest BCUT2D eigenvalue weighted by molar-refractivity contribution is 7.99. The van der Waals surface area contributed by atoms with Crippen LogP contribution in [0.5, 0.6) is 0 Å². The molecule has 141 heavy (non-hydrogen) atoms. The maximum Gasteiger partial charge on any atom is 0.433 e. The molecule has 7 N–H and O–H groups in total. The molecule has 8 heterocycles. The van der Waals surface area contributed by atoms with E-state index in [2.05, 4.69) is 66.2 Å². The summed E-state index contributed by atoms with van der Waals surface area (Å²) in [4.78, 5) is 140. The van der Waals surface area contributed by atoms with Crippen molar-refractivity contribution in [1.82, 2.24) is 35.6 Å². The lowest BCUT2D eigenvalue weighted by Gasteiger charge is -2.29. The second kappa shape index (κ2) is 50.4. The van der Waals surface area contributed by atoms with Crippen molar-refractivity contribution in [3.8, 4) is 33.8 Å². The highest BCUT2D eigenvalue weighted by Crippen LogP contribution is 2.39. The number of thioether (sulfide) groups is 3. The molecule has 740 valence electrons. The molecule has 3 aliphatic rings. The third-order valence-corrected chi connectivity index (χ3v) is 25.6. The van der Waals surface area contributed by atoms with Crippen molar-refractivity contribution >= 4 is 123 Å². The molecule has 0 atom stereocenters. The Morgan fingerprint density at radius 3 is 0.957 bits per heavy atom. The SMILES string of the molecule is CC(C)(C)OC(=O)CCSCc1cccc(C(=O)Nc2ccc(N3CCCCC3)cc2-c2cc(C(=O)NCc3ccc(C(F)(F)F)nc3)ccn2)c1.CC(C)(C)OC(=O)CCSCc1cccc(C(=O)Nc2ccc(N3CCCCC3)cc2-c2cc(C(=O)O)ccn2)c1.O=C(O)CCSCc1cccc(C(=O)Nc2ccc(N3CCCCC3)cc2-c2cc(C(=O)NCc3ccc(C(F)(F)F)nc3)ccn2)c1. The molecule has 0 unspecified atom stereocenters. The Morgan fingerprint density at radius 1 is 0.348 bits per heavy atom. The van der Waals surface area contributed by atoms with E-state index in [4.69, 9.17) is 14.6 Å². The van der Waals surface area contributed by atoms with Crippen molar-refractivity contribution in [1.29, 1.82) is 0 Å². The fraction of sp³-hybridized carbons (Fsp3) is 0.340. The van der Waals surface area contributed by atoms with E-state index in [-0.39, 0.29) is 60.3 Å². The Kier molecular flexibility index (Phi) is 38.0. The summed E-state index contributed by atoms with van der Waals surface area (Å²) >= 11 is 4.67. The molecule has 6 aromatic carbocycles. The number of hydrogen-bond donors (Lipinski definition) is 7. The standard InChI is InChI=1S/C39H42F3N5O4S.C35H34F3N5O4S.C32H37N3O5S/c1-38(2,3)51-35(48)15-19-52-25-26-8-7-9-28(20-26)37(50)46-32-12-11-30(47-17-5-4-6-18-47)22-31(32)33-21-29(14-16-43-33)36(49)45-24-27-10-13-34(44-23-27)39(40,41)42;36-35(37,38)31-10-7-24(20-40-31)21-41-33(46)26-11-13-39-30(18-26)28-19-27(43-14-2-1-3-15-43)8-9-29(28)42-34(47)25-6-4-5-23(17-25)22-48-16-12-32(44)45;1-32(2,3)40-29(36)13-17-41-21-22-8-7-9-23(18-22)30(37)34-27-11-10-25(35-15-5-4-6-16-35)20-26(27)28-19-24(31(38)39)12-14-33-28/h7-14,16,20-23H,4-6,15,17-19,24-25H2,1-3H3,(H,45,49)(H,46,50);4-11,13,17-20H,1-3,12,14-16,21-22H2,(H,41,46)(H,42,47)(H,44,45);7-12,14,18-20H,4-6,13,15-17,21H2,1-3H3,(H,34,37)(H,38,39). The molecule has 0 bridgehead atoms. The van der Waals surface area contributed by atoms with Crippen molar-refractivity contribution in [3.63, 3.8) is 0 Å². The van der Waals surface area contributed by atoms with Crippen molar-refractivity contribution < 1.29 is 89.2 Å². The van der Waals surface area contributed by atoms with Gasteiger partial charge in [0.05, 0.1) is 59.0 Å². The summed E-state index contributed by atoms with van der Waals surface area (Å²) in [6, 6.07) is 52.8. The summed E-state index contributed by atoms with van der Waals surface area (Å²) in [5.41, 5.74) is 10.6. The van der Waals surface area contributed by atoms with Gasteiger partial charge in [0.2, 0.25) is 0 Å². The average Bonchev–Trinajstić information content (AvgIpc) is 0.802. The molecule has 3 aliphatic heterocycles. The zero-order chi connectivity index (χ0) is 101. The molecule has 5 amide bonds. The minimum atomic E-state index is -4.55. The fourth-order valence-corrected chi connectivity index (χ4v) is 18.2. The van der Waals surface area contributed by atoms with Gasteiger partial charge in [0, 0.05) is 179 Å². The lowest BCUT2D eigenvalue weighted by molar-refractivity contribution is -0.155. The van der Waals surface area contributed by atoms with Gasteiger partial charge in [0.1, 0.15) is 22.6 Å². The molecule has 0 spiro atoms. The Labute approximate surface area is 827 Å². The predicted molar refractivity (Wildman–Crippen MR) is 540 cm³/mol. The van der Waals surface area contributed by atoms with Crippen LogP contribution in [0.1, 0.15) is 220 Å². The van der Waals surface area contributed by atoms with Gasteiger partial charge < -0.3 is 61.0 Å². The summed E-state index contributed by atoms with van der Waals surface area (Å²) in [7, 11) is 0. The number of carboxylic acid groups (broad SMARTS) is 2. The topological polar surface area (TPSA) is 347 Å². The van der Waals surface area contributed by atoms with Gasteiger partial charge in [-0.3, -0.25) is 63.3 Å². The minimum absolute atomic E-state index is 0.0192. The van der Waals surface area contributed by atoms with Crippen LogP contribution in [-0.2, 0) is 66.6 Å². The molecule has 0 radical (unpaired) electrons. The number of halogens is 6. The number of carbonyl (C=O) groups is 9. The lowest BCUT2D eigenvalue weighted by atomic mass is 10.0. The molecular weight excluding hydrogens is 1870 g/mol. The van der Waals surface area contributed by atoms with Crippen molar-refractivity contribution in [3.05, 3.63) is 292 Å². The number of pyridine rings is 5. The van der Waals surface area contributed by atoms with Crippen LogP contribution in [-0.4, -0.2) is 156 Å². The van der Waals surface area contributed by atoms with E-state index < -0.39 is 58.7 Å². The number of benzene rings is 6. The number of amides is 5. The highest BCUT2D eigenvalue weighted by atomic mass is 32.2. The average molecular weight is 1990 g/mol. The highest BCUT2D eigenvalue weighted by Gasteiger charge is 2.34. The number of aromatic carboxylic acids is 1. The second-order valence-electron chi connectivity index (χ2n) is 35.8. The van der Waals surface area contributed by atoms with Gasteiger partial charge in [-0.25, -0.2) is 4.79 Å². The first-order valence-electron chi connectivity index (χ1n) is 46.4. The number of carbonyl (C=O) groups excluding carboxylic acids is 7. The minimum Gasteiger partial charge on any atom is -0.481 e. The zero-order valence-electron chi connectivity index (χ0n) is 79.1. The van der Waals surface area contributed by atoms with Crippen molar-refractivity contribution in [2.45, 2.75) is 172 Å². The van der Waals surface area contributed by atoms with E-state index in [1.807, 2.05) is 139 Å². The monoisotopic (exact) mass is 1990 g/mol. The van der Waals surface area contributed by atoms with E-state index in [1.165, 1.54) is 73.5 Å². The van der Waals surface area contributed by atoms with Crippen LogP contribution >= 0.6 is 35.3 Å². The van der Waals surface area contributed by atoms with Crippen molar-refractivity contribution in [2.75, 3.05) is 87.2 Å². The van der Waals surface area contributed by atoms with E-state index in [0.29, 0.717) is 132 Å². The van der Waals surface area contributed by atoms with Crippen LogP contribution in [0.2, 0.25) is 0 Å². The van der Waals surface area contributed by atoms with Gasteiger partial charge >= 0.3 is 36.2 Å². The fourth-order valence-electron chi connectivity index (χ4n) is 15.5. The Hall–Kier alpha value is -13.7. The maximum atomic E-state index is 13.6. The Balaban J connectivity index is 0.000000190. The van der Waals surface area contributed by atoms with E-state index >= 15 is 0 Å². The Morgan fingerprint density at radius 2 is 0.660 bits per heavy atom. The first-order valence-corrected chi connectivity index (χ1v) is 49.9. The summed E-state index contributed by atoms with van der Waals surface area (Å²) in [6.45, 7) is 16.5. The maximum absolute atomic E-state index is 13.6. The molecule has 3 fully saturated rings. The number of hydrogen-bond acceptors (Lipinski definition) is 22. The number of nitrogens with zero attached hydrogens (tertiary/aromatic N) is 8. The van der Waals surface area contributed by atoms with Crippen LogP contribution in [0.25, 0.3) is 33.8 Å². The van der Waals surface area contributed by atoms with Gasteiger partial charge in [-0.2, -0.15) is 61.6 Å². The van der Waals surface area contributed by atoms with E-state index in [0.717, 1.165) is 142 Å². The molecule has 26 nitrogen and oxygen atoms in total. The summed E-state index contributed by atoms with van der Waals surface area (Å²) in [6.07, 6.45) is 8.31. The van der Waals surface area contributed by atoms with Gasteiger partial charge in [0.25, 0.3) is 29.5 Å². The van der Waals surface area contributed by atoms with Crippen molar-refractivity contribution in [2.24, 2.45) is 0 Å². The number of ether oxygens (including phenoxy) is 2. The first kappa shape index (κ1) is 106. The number of nitrogens with one attached hydrogen (secondary N) is 5. The largest absolute Gasteiger partial charge is 0.481 e. The number of piperidine rings is 3. The molecule has 3 saturated heterocycles. The zero-order valence-corrected chi connectivity index (χ0v) is 81.6. The van der Waals surface area contributed by atoms with Crippen LogP contribution < -0.4 is 41.3 Å². The quantitative estimate of drug-likeness (QED) is 0.0112. The van der Waals surface area contributed by atoms with E-state index in [9.17, 15) is 74.6 Å². The number of anilines is 6. The third kappa shape index (κ3) is 33.3.